The summed E-state index contributed by atoms with van der Waals surface area (Å²) in [5.74, 6) is -0.336. The quantitative estimate of drug-likeness (QED) is 0.519. The second kappa shape index (κ2) is 8.57. The fraction of sp³-hybridized carbons (Fsp3) is 0.0870. The van der Waals surface area contributed by atoms with Gasteiger partial charge < -0.3 is 10.2 Å². The minimum absolute atomic E-state index is 0.227. The van der Waals surface area contributed by atoms with E-state index in [1.165, 1.54) is 6.07 Å². The number of hydrogen-bond acceptors (Lipinski definition) is 4. The van der Waals surface area contributed by atoms with Crippen molar-refractivity contribution in [1.82, 2.24) is 19.7 Å². The first-order valence-electron chi connectivity index (χ1n) is 9.43. The van der Waals surface area contributed by atoms with Crippen LogP contribution in [0.3, 0.4) is 0 Å². The normalized spacial score (nSPS) is 10.6. The fourth-order valence-corrected chi connectivity index (χ4v) is 3.08. The van der Waals surface area contributed by atoms with E-state index in [-0.39, 0.29) is 11.6 Å². The van der Waals surface area contributed by atoms with Crippen LogP contribution in [0.5, 0.6) is 0 Å². The van der Waals surface area contributed by atoms with Gasteiger partial charge >= 0.3 is 0 Å². The Morgan fingerprint density at radius 1 is 1.07 bits per heavy atom. The molecule has 4 aromatic rings. The van der Waals surface area contributed by atoms with Gasteiger partial charge in [0.25, 0.3) is 5.91 Å². The number of anilines is 2. The van der Waals surface area contributed by atoms with Crippen LogP contribution in [-0.2, 0) is 6.54 Å². The van der Waals surface area contributed by atoms with Crippen molar-refractivity contribution in [2.24, 2.45) is 0 Å². The highest BCUT2D eigenvalue weighted by Gasteiger charge is 2.18. The molecule has 0 atom stereocenters. The molecule has 0 fully saturated rings. The lowest BCUT2D eigenvalue weighted by molar-refractivity contribution is 0.0785. The van der Waals surface area contributed by atoms with Gasteiger partial charge in [-0.1, -0.05) is 30.3 Å². The lowest BCUT2D eigenvalue weighted by atomic mass is 10.2. The predicted octanol–water partition coefficient (Wildman–Crippen LogP) is 4.42. The number of halogens is 1. The van der Waals surface area contributed by atoms with Gasteiger partial charge in [0, 0.05) is 31.5 Å². The third kappa shape index (κ3) is 4.20. The van der Waals surface area contributed by atoms with E-state index in [2.05, 4.69) is 15.4 Å². The highest BCUT2D eigenvalue weighted by molar-refractivity contribution is 5.99. The molecule has 1 N–H and O–H groups in total. The Hall–Kier alpha value is -4.00. The molecule has 0 spiro atoms. The third-order valence-corrected chi connectivity index (χ3v) is 4.59. The molecule has 6 nitrogen and oxygen atoms in total. The molecule has 0 unspecified atom stereocenters. The minimum Gasteiger partial charge on any atom is -0.337 e. The maximum atomic E-state index is 14.0. The largest absolute Gasteiger partial charge is 0.337 e. The number of nitrogens with one attached hydrogen (secondary N) is 1. The topological polar surface area (TPSA) is 63.1 Å². The number of amides is 1. The maximum absolute atomic E-state index is 14.0. The zero-order valence-electron chi connectivity index (χ0n) is 16.4. The number of carbonyl (C=O) groups is 1. The number of aromatic nitrogens is 3. The van der Waals surface area contributed by atoms with E-state index in [0.717, 1.165) is 11.3 Å². The maximum Gasteiger partial charge on any atom is 0.257 e. The highest BCUT2D eigenvalue weighted by Crippen LogP contribution is 2.22. The summed E-state index contributed by atoms with van der Waals surface area (Å²) in [6, 6.07) is 19.4. The molecular formula is C23H20FN5O. The molecule has 4 rings (SSSR count). The highest BCUT2D eigenvalue weighted by atomic mass is 19.1. The lowest BCUT2D eigenvalue weighted by Crippen LogP contribution is -2.27. The minimum atomic E-state index is -0.414. The monoisotopic (exact) mass is 401 g/mol. The molecular weight excluding hydrogens is 381 g/mol. The van der Waals surface area contributed by atoms with Crippen LogP contribution in [0.2, 0.25) is 0 Å². The molecule has 1 amide bonds. The van der Waals surface area contributed by atoms with Crippen LogP contribution < -0.4 is 5.32 Å². The summed E-state index contributed by atoms with van der Waals surface area (Å²) >= 11 is 0. The summed E-state index contributed by atoms with van der Waals surface area (Å²) < 4.78 is 15.8. The summed E-state index contributed by atoms with van der Waals surface area (Å²) in [6.07, 6.45) is 5.18. The molecule has 30 heavy (non-hydrogen) atoms. The van der Waals surface area contributed by atoms with Crippen molar-refractivity contribution in [2.45, 2.75) is 6.54 Å². The molecule has 0 bridgehead atoms. The van der Waals surface area contributed by atoms with Gasteiger partial charge in [0.1, 0.15) is 11.6 Å². The number of hydrogen-bond donors (Lipinski definition) is 1. The SMILES string of the molecule is CN(Cc1cnn(-c2ccccc2)c1)C(=O)c1cccnc1Nc1ccccc1F. The molecule has 0 aliphatic carbocycles. The van der Waals surface area contributed by atoms with Crippen LogP contribution in [0.25, 0.3) is 5.69 Å². The van der Waals surface area contributed by atoms with Crippen LogP contribution in [-0.4, -0.2) is 32.6 Å². The van der Waals surface area contributed by atoms with Gasteiger partial charge in [-0.05, 0) is 36.4 Å². The molecule has 2 aromatic heterocycles. The molecule has 150 valence electrons. The van der Waals surface area contributed by atoms with E-state index in [1.807, 2.05) is 36.5 Å². The van der Waals surface area contributed by atoms with E-state index in [4.69, 9.17) is 0 Å². The van der Waals surface area contributed by atoms with Crippen LogP contribution in [0.4, 0.5) is 15.9 Å². The smallest absolute Gasteiger partial charge is 0.257 e. The third-order valence-electron chi connectivity index (χ3n) is 4.59. The van der Waals surface area contributed by atoms with Crippen LogP contribution in [0.15, 0.2) is 85.3 Å². The Bertz CT molecular complexity index is 1160. The second-order valence-electron chi connectivity index (χ2n) is 6.79. The molecule has 0 saturated heterocycles. The Morgan fingerprint density at radius 2 is 1.83 bits per heavy atom. The number of pyridine rings is 1. The predicted molar refractivity (Wildman–Crippen MR) is 113 cm³/mol. The number of rotatable bonds is 6. The van der Waals surface area contributed by atoms with E-state index in [1.54, 1.807) is 59.4 Å². The number of benzene rings is 2. The van der Waals surface area contributed by atoms with Crippen LogP contribution in [0.1, 0.15) is 15.9 Å². The Balaban J connectivity index is 1.51. The van der Waals surface area contributed by atoms with Crippen molar-refractivity contribution in [1.29, 1.82) is 0 Å². The van der Waals surface area contributed by atoms with E-state index >= 15 is 0 Å². The van der Waals surface area contributed by atoms with E-state index in [0.29, 0.717) is 17.9 Å². The average Bonchev–Trinajstić information content (AvgIpc) is 3.24. The van der Waals surface area contributed by atoms with Gasteiger partial charge in [-0.15, -0.1) is 0 Å². The standard InChI is InChI=1S/C23H20FN5O/c1-28(15-17-14-26-29(16-17)18-8-3-2-4-9-18)23(30)19-10-7-13-25-22(19)27-21-12-6-5-11-20(21)24/h2-14,16H,15H2,1H3,(H,25,27). The lowest BCUT2D eigenvalue weighted by Gasteiger charge is -2.18. The van der Waals surface area contributed by atoms with Crippen molar-refractivity contribution in [3.63, 3.8) is 0 Å². The van der Waals surface area contributed by atoms with Crippen molar-refractivity contribution in [2.75, 3.05) is 12.4 Å². The molecule has 0 aliphatic rings. The van der Waals surface area contributed by atoms with Crippen molar-refractivity contribution >= 4 is 17.4 Å². The molecule has 0 saturated carbocycles. The molecule has 0 aliphatic heterocycles. The van der Waals surface area contributed by atoms with E-state index < -0.39 is 5.82 Å². The first-order valence-corrected chi connectivity index (χ1v) is 9.43. The molecule has 2 aromatic carbocycles. The van der Waals surface area contributed by atoms with E-state index in [9.17, 15) is 9.18 Å². The Labute approximate surface area is 173 Å². The Morgan fingerprint density at radius 3 is 2.63 bits per heavy atom. The average molecular weight is 401 g/mol. The molecule has 0 radical (unpaired) electrons. The summed E-state index contributed by atoms with van der Waals surface area (Å²) in [7, 11) is 1.71. The second-order valence-corrected chi connectivity index (χ2v) is 6.79. The molecule has 2 heterocycles. The van der Waals surface area contributed by atoms with Gasteiger partial charge in [0.05, 0.1) is 23.1 Å². The zero-order valence-corrected chi connectivity index (χ0v) is 16.4. The summed E-state index contributed by atoms with van der Waals surface area (Å²) in [5, 5.41) is 7.28. The fourth-order valence-electron chi connectivity index (χ4n) is 3.08. The first-order chi connectivity index (χ1) is 14.6. The number of para-hydroxylation sites is 2. The van der Waals surface area contributed by atoms with Crippen molar-refractivity contribution < 1.29 is 9.18 Å². The van der Waals surface area contributed by atoms with Crippen molar-refractivity contribution in [3.05, 3.63) is 102 Å². The van der Waals surface area contributed by atoms with Gasteiger partial charge in [-0.3, -0.25) is 4.79 Å². The van der Waals surface area contributed by atoms with Gasteiger partial charge in [0.15, 0.2) is 0 Å². The molecule has 7 heteroatoms. The van der Waals surface area contributed by atoms with Gasteiger partial charge in [-0.25, -0.2) is 14.1 Å². The summed E-state index contributed by atoms with van der Waals surface area (Å²) in [5.41, 5.74) is 2.46. The summed E-state index contributed by atoms with van der Waals surface area (Å²) in [4.78, 5) is 18.9. The van der Waals surface area contributed by atoms with Crippen LogP contribution >= 0.6 is 0 Å². The summed E-state index contributed by atoms with van der Waals surface area (Å²) in [6.45, 7) is 0.375. The van der Waals surface area contributed by atoms with Crippen LogP contribution in [0, 0.1) is 5.82 Å². The van der Waals surface area contributed by atoms with Gasteiger partial charge in [-0.2, -0.15) is 5.10 Å². The zero-order chi connectivity index (χ0) is 20.9. The Kier molecular flexibility index (Phi) is 5.52. The number of carbonyl (C=O) groups excluding carboxylic acids is 1. The first kappa shape index (κ1) is 19.3. The van der Waals surface area contributed by atoms with Gasteiger partial charge in [0.2, 0.25) is 0 Å². The number of nitrogens with zero attached hydrogens (tertiary/aromatic N) is 4. The van der Waals surface area contributed by atoms with Crippen molar-refractivity contribution in [3.8, 4) is 5.69 Å².